The van der Waals surface area contributed by atoms with E-state index in [1.54, 1.807) is 29.5 Å². The molecule has 0 fully saturated rings. The monoisotopic (exact) mass is 502 g/mol. The molecule has 0 bridgehead atoms. The zero-order valence-electron chi connectivity index (χ0n) is 17.2. The zero-order valence-corrected chi connectivity index (χ0v) is 18.7. The first-order valence-electron chi connectivity index (χ1n) is 10.0. The third kappa shape index (κ3) is 4.37. The summed E-state index contributed by atoms with van der Waals surface area (Å²) < 4.78 is 39.7. The maximum atomic E-state index is 13.2. The summed E-state index contributed by atoms with van der Waals surface area (Å²) in [6, 6.07) is 12.4. The highest BCUT2D eigenvalue weighted by atomic mass is 35.5. The van der Waals surface area contributed by atoms with Crippen molar-refractivity contribution in [2.75, 3.05) is 5.32 Å². The molecule has 34 heavy (non-hydrogen) atoms. The lowest BCUT2D eigenvalue weighted by atomic mass is 9.96. The number of nitrogens with one attached hydrogen (secondary N) is 2. The fraction of sp³-hybridized carbons (Fsp3) is 0.0870. The van der Waals surface area contributed by atoms with Crippen LogP contribution in [0.5, 0.6) is 0 Å². The highest BCUT2D eigenvalue weighted by Crippen LogP contribution is 2.40. The summed E-state index contributed by atoms with van der Waals surface area (Å²) in [6.45, 7) is 0. The van der Waals surface area contributed by atoms with E-state index in [0.29, 0.717) is 10.7 Å². The first-order valence-corrected chi connectivity index (χ1v) is 10.8. The van der Waals surface area contributed by atoms with E-state index in [2.05, 4.69) is 25.8 Å². The molecule has 2 aromatic carbocycles. The Kier molecular flexibility index (Phi) is 5.76. The number of hydrazone groups is 1. The second kappa shape index (κ2) is 8.75. The Hall–Kier alpha value is -3.40. The van der Waals surface area contributed by atoms with Gasteiger partial charge in [0.15, 0.2) is 0 Å². The van der Waals surface area contributed by atoms with Crippen LogP contribution in [0, 0.1) is 0 Å². The lowest BCUT2D eigenvalue weighted by Crippen LogP contribution is -2.29. The van der Waals surface area contributed by atoms with Gasteiger partial charge in [0.1, 0.15) is 0 Å². The lowest BCUT2D eigenvalue weighted by molar-refractivity contribution is -0.137. The molecule has 0 spiro atoms. The van der Waals surface area contributed by atoms with Crippen molar-refractivity contribution in [2.45, 2.75) is 12.2 Å². The van der Waals surface area contributed by atoms with Gasteiger partial charge in [-0.05, 0) is 54.1 Å². The Morgan fingerprint density at radius 1 is 1.03 bits per heavy atom. The Morgan fingerprint density at radius 3 is 2.59 bits per heavy atom. The molecule has 0 saturated carbocycles. The molecular weight excluding hydrogens is 488 g/mol. The summed E-state index contributed by atoms with van der Waals surface area (Å²) in [5.41, 5.74) is 5.67. The van der Waals surface area contributed by atoms with Crippen molar-refractivity contribution in [1.82, 2.24) is 20.5 Å². The smallest absolute Gasteiger partial charge is 0.324 e. The third-order valence-corrected chi connectivity index (χ3v) is 5.81. The second-order valence-corrected chi connectivity index (χ2v) is 8.27. The van der Waals surface area contributed by atoms with E-state index < -0.39 is 11.7 Å². The molecule has 0 radical (unpaired) electrons. The molecule has 2 N–H and O–H groups in total. The molecule has 5 rings (SSSR count). The van der Waals surface area contributed by atoms with Crippen molar-refractivity contribution in [3.05, 3.63) is 99.4 Å². The molecule has 2 aliphatic rings. The van der Waals surface area contributed by atoms with Crippen molar-refractivity contribution in [1.29, 1.82) is 0 Å². The molecule has 2 aliphatic heterocycles. The number of hydrogen-bond acceptors (Lipinski definition) is 6. The number of allylic oxidation sites excluding steroid dienone is 2. The minimum Gasteiger partial charge on any atom is -0.324 e. The van der Waals surface area contributed by atoms with Crippen molar-refractivity contribution >= 4 is 46.6 Å². The Bertz CT molecular complexity index is 1340. The van der Waals surface area contributed by atoms with E-state index in [4.69, 9.17) is 23.2 Å². The van der Waals surface area contributed by atoms with Crippen LogP contribution in [0.4, 0.5) is 24.8 Å². The predicted octanol–water partition coefficient (Wildman–Crippen LogP) is 6.37. The molecule has 1 atom stereocenters. The minimum atomic E-state index is -4.58. The van der Waals surface area contributed by atoms with Crippen LogP contribution in [0.2, 0.25) is 10.0 Å². The van der Waals surface area contributed by atoms with Crippen LogP contribution >= 0.6 is 23.2 Å². The normalized spacial score (nSPS) is 17.3. The van der Waals surface area contributed by atoms with E-state index in [-0.39, 0.29) is 22.7 Å². The fourth-order valence-electron chi connectivity index (χ4n) is 3.71. The van der Waals surface area contributed by atoms with Gasteiger partial charge in [-0.25, -0.2) is 15.4 Å². The summed E-state index contributed by atoms with van der Waals surface area (Å²) in [5.74, 6) is 0.137. The quantitative estimate of drug-likeness (QED) is 0.433. The van der Waals surface area contributed by atoms with Crippen LogP contribution in [-0.4, -0.2) is 21.3 Å². The molecule has 0 aliphatic carbocycles. The van der Waals surface area contributed by atoms with Gasteiger partial charge in [0.25, 0.3) is 0 Å². The highest BCUT2D eigenvalue weighted by Gasteiger charge is 2.35. The molecule has 3 heterocycles. The SMILES string of the molecule is FC(F)(F)c1cc(Nc2nccc(C3=C4C=CC=NN4NC3c3ccc(Cl)cc3)n2)ccc1Cl. The summed E-state index contributed by atoms with van der Waals surface area (Å²) in [6.07, 6.45) is 2.32. The number of benzene rings is 2. The van der Waals surface area contributed by atoms with Crippen LogP contribution in [0.15, 0.2) is 77.7 Å². The van der Waals surface area contributed by atoms with Crippen LogP contribution in [-0.2, 0) is 6.18 Å². The van der Waals surface area contributed by atoms with E-state index in [1.165, 1.54) is 18.3 Å². The molecule has 0 amide bonds. The molecule has 172 valence electrons. The second-order valence-electron chi connectivity index (χ2n) is 7.43. The maximum Gasteiger partial charge on any atom is 0.417 e. The van der Waals surface area contributed by atoms with Gasteiger partial charge in [-0.15, -0.1) is 0 Å². The largest absolute Gasteiger partial charge is 0.417 e. The summed E-state index contributed by atoms with van der Waals surface area (Å²) >= 11 is 11.8. The molecule has 11 heteroatoms. The van der Waals surface area contributed by atoms with Crippen molar-refractivity contribution in [3.8, 4) is 0 Å². The number of alkyl halides is 3. The topological polar surface area (TPSA) is 65.4 Å². The predicted molar refractivity (Wildman–Crippen MR) is 125 cm³/mol. The van der Waals surface area contributed by atoms with Gasteiger partial charge in [-0.3, -0.25) is 0 Å². The first-order chi connectivity index (χ1) is 16.3. The minimum absolute atomic E-state index is 0.137. The van der Waals surface area contributed by atoms with Crippen LogP contribution in [0.3, 0.4) is 0 Å². The van der Waals surface area contributed by atoms with Crippen molar-refractivity contribution in [3.63, 3.8) is 0 Å². The summed E-state index contributed by atoms with van der Waals surface area (Å²) in [7, 11) is 0. The van der Waals surface area contributed by atoms with Crippen LogP contribution in [0.25, 0.3) is 5.57 Å². The Morgan fingerprint density at radius 2 is 1.82 bits per heavy atom. The van der Waals surface area contributed by atoms with Crippen molar-refractivity contribution < 1.29 is 13.2 Å². The number of rotatable bonds is 4. The Balaban J connectivity index is 1.52. The van der Waals surface area contributed by atoms with E-state index in [0.717, 1.165) is 22.9 Å². The highest BCUT2D eigenvalue weighted by molar-refractivity contribution is 6.31. The molecule has 1 unspecified atom stereocenters. The Labute approximate surface area is 202 Å². The van der Waals surface area contributed by atoms with E-state index >= 15 is 0 Å². The molecule has 6 nitrogen and oxygen atoms in total. The van der Waals surface area contributed by atoms with Crippen LogP contribution < -0.4 is 10.7 Å². The van der Waals surface area contributed by atoms with Gasteiger partial charge in [0.2, 0.25) is 5.95 Å². The third-order valence-electron chi connectivity index (χ3n) is 5.23. The van der Waals surface area contributed by atoms with Gasteiger partial charge in [0, 0.05) is 28.7 Å². The standard InChI is InChI=1S/C23H15Cl2F3N6/c24-14-5-3-13(4-6-14)21-20(19-2-1-10-30-34(19)33-21)18-9-11-29-22(32-18)31-15-7-8-17(25)16(12-15)23(26,27)28/h1-12,21,33H,(H,29,31,32). The van der Waals surface area contributed by atoms with Crippen LogP contribution in [0.1, 0.15) is 22.9 Å². The zero-order chi connectivity index (χ0) is 23.9. The molecule has 0 saturated heterocycles. The maximum absolute atomic E-state index is 13.2. The number of halogens is 5. The van der Waals surface area contributed by atoms with Gasteiger partial charge < -0.3 is 5.32 Å². The van der Waals surface area contributed by atoms with Gasteiger partial charge in [0.05, 0.1) is 28.0 Å². The average Bonchev–Trinajstić information content (AvgIpc) is 3.20. The number of anilines is 2. The fourth-order valence-corrected chi connectivity index (χ4v) is 4.06. The van der Waals surface area contributed by atoms with Gasteiger partial charge in [-0.2, -0.15) is 23.4 Å². The molecule has 1 aromatic heterocycles. The van der Waals surface area contributed by atoms with Gasteiger partial charge >= 0.3 is 6.18 Å². The number of hydrogen-bond donors (Lipinski definition) is 2. The molecule has 3 aromatic rings. The number of aromatic nitrogens is 2. The summed E-state index contributed by atoms with van der Waals surface area (Å²) in [4.78, 5) is 8.75. The number of hydrazine groups is 1. The van der Waals surface area contributed by atoms with E-state index in [1.807, 2.05) is 24.3 Å². The number of nitrogens with zero attached hydrogens (tertiary/aromatic N) is 4. The van der Waals surface area contributed by atoms with Gasteiger partial charge in [-0.1, -0.05) is 35.3 Å². The van der Waals surface area contributed by atoms with E-state index in [9.17, 15) is 13.2 Å². The van der Waals surface area contributed by atoms with Crippen molar-refractivity contribution in [2.24, 2.45) is 5.10 Å². The summed E-state index contributed by atoms with van der Waals surface area (Å²) in [5, 5.41) is 9.06. The number of fused-ring (bicyclic) bond motifs is 1. The molecular formula is C23H15Cl2F3N6. The average molecular weight is 503 g/mol. The first kappa shape index (κ1) is 22.4. The lowest BCUT2D eigenvalue weighted by Gasteiger charge is -2.18.